The fraction of sp³-hybridized carbons (Fsp3) is 1.00. The van der Waals surface area contributed by atoms with E-state index in [2.05, 4.69) is 9.47 Å². The molecule has 0 radical (unpaired) electrons. The molecule has 1 unspecified atom stereocenters. The lowest BCUT2D eigenvalue weighted by Crippen LogP contribution is -2.31. The van der Waals surface area contributed by atoms with Crippen molar-refractivity contribution in [2.24, 2.45) is 0 Å². The highest BCUT2D eigenvalue weighted by atomic mass is 19.3. The molecule has 0 aliphatic rings. The fourth-order valence-corrected chi connectivity index (χ4v) is 0.630. The van der Waals surface area contributed by atoms with E-state index in [9.17, 15) is 8.78 Å². The van der Waals surface area contributed by atoms with E-state index in [1.54, 1.807) is 0 Å². The molecule has 0 aromatic heterocycles. The van der Waals surface area contributed by atoms with Crippen LogP contribution in [0.3, 0.4) is 0 Å². The molecule has 0 rings (SSSR count). The van der Waals surface area contributed by atoms with Crippen molar-refractivity contribution in [3.63, 3.8) is 0 Å². The van der Waals surface area contributed by atoms with Gasteiger partial charge < -0.3 is 19.7 Å². The molecule has 0 bridgehead atoms. The fourth-order valence-electron chi connectivity index (χ4n) is 0.630. The predicted molar refractivity (Wildman–Crippen MR) is 40.7 cm³/mol. The summed E-state index contributed by atoms with van der Waals surface area (Å²) in [4.78, 5) is 0. The van der Waals surface area contributed by atoms with E-state index in [-0.39, 0.29) is 13.2 Å². The Hall–Kier alpha value is -0.300. The van der Waals surface area contributed by atoms with E-state index in [1.165, 1.54) is 7.11 Å². The third kappa shape index (κ3) is 6.83. The van der Waals surface area contributed by atoms with Gasteiger partial charge in [-0.25, -0.2) is 8.78 Å². The summed E-state index contributed by atoms with van der Waals surface area (Å²) in [6, 6.07) is 0. The highest BCUT2D eigenvalue weighted by Gasteiger charge is 2.28. The molecular formula is C7H14F2O4. The molecule has 1 atom stereocenters. The van der Waals surface area contributed by atoms with Crippen LogP contribution in [0, 0.1) is 0 Å². The van der Waals surface area contributed by atoms with Crippen molar-refractivity contribution in [3.8, 4) is 0 Å². The number of alkyl halides is 2. The molecule has 2 N–H and O–H groups in total. The van der Waals surface area contributed by atoms with Crippen LogP contribution in [-0.2, 0) is 9.47 Å². The van der Waals surface area contributed by atoms with Gasteiger partial charge in [-0.2, -0.15) is 0 Å². The molecule has 0 aromatic rings. The van der Waals surface area contributed by atoms with Crippen molar-refractivity contribution >= 4 is 0 Å². The topological polar surface area (TPSA) is 58.9 Å². The zero-order chi connectivity index (χ0) is 10.3. The predicted octanol–water partition coefficient (Wildman–Crippen LogP) is -0.362. The number of rotatable bonds is 7. The van der Waals surface area contributed by atoms with Gasteiger partial charge in [0, 0.05) is 7.11 Å². The van der Waals surface area contributed by atoms with Crippen molar-refractivity contribution in [3.05, 3.63) is 0 Å². The van der Waals surface area contributed by atoms with Gasteiger partial charge in [0.25, 0.3) is 5.92 Å². The second-order valence-corrected chi connectivity index (χ2v) is 2.64. The Morgan fingerprint density at radius 1 is 1.38 bits per heavy atom. The molecular weight excluding hydrogens is 186 g/mol. The quantitative estimate of drug-likeness (QED) is 0.589. The zero-order valence-electron chi connectivity index (χ0n) is 7.37. The summed E-state index contributed by atoms with van der Waals surface area (Å²) >= 11 is 0. The summed E-state index contributed by atoms with van der Waals surface area (Å²) in [6.07, 6.45) is -0.917. The highest BCUT2D eigenvalue weighted by Crippen LogP contribution is 2.11. The van der Waals surface area contributed by atoms with Crippen LogP contribution in [0.4, 0.5) is 8.78 Å². The van der Waals surface area contributed by atoms with E-state index in [0.717, 1.165) is 0 Å². The van der Waals surface area contributed by atoms with Gasteiger partial charge in [0.2, 0.25) is 0 Å². The van der Waals surface area contributed by atoms with E-state index in [1.807, 2.05) is 0 Å². The maximum absolute atomic E-state index is 12.3. The first kappa shape index (κ1) is 12.7. The first-order valence-corrected chi connectivity index (χ1v) is 3.75. The molecule has 0 heterocycles. The Kier molecular flexibility index (Phi) is 6.06. The van der Waals surface area contributed by atoms with Gasteiger partial charge in [-0.15, -0.1) is 0 Å². The zero-order valence-corrected chi connectivity index (χ0v) is 7.37. The number of aliphatic hydroxyl groups excluding tert-OH is 2. The van der Waals surface area contributed by atoms with Gasteiger partial charge in [-0.3, -0.25) is 0 Å². The number of hydrogen-bond acceptors (Lipinski definition) is 4. The third-order valence-corrected chi connectivity index (χ3v) is 1.21. The standard InChI is InChI=1S/C7H14F2O4/c1-12-2-6(11)3-13-5-7(8,9)4-10/h6,10-11H,2-5H2,1H3. The molecule has 0 aliphatic heterocycles. The lowest BCUT2D eigenvalue weighted by molar-refractivity contribution is -0.120. The minimum absolute atomic E-state index is 0.0324. The summed E-state index contributed by atoms with van der Waals surface area (Å²) in [7, 11) is 1.38. The van der Waals surface area contributed by atoms with Crippen molar-refractivity contribution in [2.75, 3.05) is 33.5 Å². The normalized spacial score (nSPS) is 14.5. The average Bonchev–Trinajstić information content (AvgIpc) is 2.05. The van der Waals surface area contributed by atoms with Gasteiger partial charge in [0.05, 0.1) is 13.2 Å². The third-order valence-electron chi connectivity index (χ3n) is 1.21. The van der Waals surface area contributed by atoms with Gasteiger partial charge in [-0.1, -0.05) is 0 Å². The smallest absolute Gasteiger partial charge is 0.293 e. The highest BCUT2D eigenvalue weighted by molar-refractivity contribution is 4.62. The molecule has 13 heavy (non-hydrogen) atoms. The monoisotopic (exact) mass is 200 g/mol. The lowest BCUT2D eigenvalue weighted by atomic mass is 10.4. The van der Waals surface area contributed by atoms with Crippen molar-refractivity contribution in [1.82, 2.24) is 0 Å². The summed E-state index contributed by atoms with van der Waals surface area (Å²) in [6.45, 7) is -2.36. The molecule has 0 saturated carbocycles. The van der Waals surface area contributed by atoms with E-state index in [0.29, 0.717) is 0 Å². The summed E-state index contributed by atoms with van der Waals surface area (Å²) in [5, 5.41) is 17.1. The minimum Gasteiger partial charge on any atom is -0.390 e. The van der Waals surface area contributed by atoms with Crippen LogP contribution in [0.2, 0.25) is 0 Å². The molecule has 0 fully saturated rings. The number of halogens is 2. The first-order valence-electron chi connectivity index (χ1n) is 3.75. The Balaban J connectivity index is 3.44. The van der Waals surface area contributed by atoms with Gasteiger partial charge in [0.15, 0.2) is 0 Å². The van der Waals surface area contributed by atoms with Gasteiger partial charge in [-0.05, 0) is 0 Å². The largest absolute Gasteiger partial charge is 0.390 e. The Morgan fingerprint density at radius 2 is 2.00 bits per heavy atom. The van der Waals surface area contributed by atoms with E-state index in [4.69, 9.17) is 10.2 Å². The number of hydrogen-bond donors (Lipinski definition) is 2. The first-order chi connectivity index (χ1) is 6.02. The SMILES string of the molecule is COCC(O)COCC(F)(F)CO. The van der Waals surface area contributed by atoms with Gasteiger partial charge >= 0.3 is 0 Å². The number of aliphatic hydroxyl groups is 2. The van der Waals surface area contributed by atoms with Gasteiger partial charge in [0.1, 0.15) is 19.3 Å². The lowest BCUT2D eigenvalue weighted by Gasteiger charge is -2.15. The molecule has 6 heteroatoms. The summed E-state index contributed by atoms with van der Waals surface area (Å²) in [5.74, 6) is -3.24. The van der Waals surface area contributed by atoms with E-state index >= 15 is 0 Å². The molecule has 0 amide bonds. The molecule has 0 aromatic carbocycles. The number of methoxy groups -OCH3 is 1. The van der Waals surface area contributed by atoms with Crippen LogP contribution >= 0.6 is 0 Å². The van der Waals surface area contributed by atoms with Crippen LogP contribution in [0.25, 0.3) is 0 Å². The maximum atomic E-state index is 12.3. The Labute approximate surface area is 75.1 Å². The number of ether oxygens (including phenoxy) is 2. The molecule has 4 nitrogen and oxygen atoms in total. The Bertz CT molecular complexity index is 132. The molecule has 80 valence electrons. The average molecular weight is 200 g/mol. The second kappa shape index (κ2) is 6.20. The maximum Gasteiger partial charge on any atom is 0.293 e. The second-order valence-electron chi connectivity index (χ2n) is 2.64. The Morgan fingerprint density at radius 3 is 2.46 bits per heavy atom. The molecule has 0 spiro atoms. The van der Waals surface area contributed by atoms with Crippen LogP contribution < -0.4 is 0 Å². The van der Waals surface area contributed by atoms with Crippen LogP contribution in [0.1, 0.15) is 0 Å². The summed E-state index contributed by atoms with van der Waals surface area (Å²) < 4.78 is 33.6. The van der Waals surface area contributed by atoms with Crippen LogP contribution in [0.15, 0.2) is 0 Å². The van der Waals surface area contributed by atoms with Crippen molar-refractivity contribution in [1.29, 1.82) is 0 Å². The molecule has 0 saturated heterocycles. The summed E-state index contributed by atoms with van der Waals surface area (Å²) in [5.41, 5.74) is 0. The van der Waals surface area contributed by atoms with Crippen LogP contribution in [-0.4, -0.2) is 55.8 Å². The molecule has 0 aliphatic carbocycles. The minimum atomic E-state index is -3.24. The van der Waals surface area contributed by atoms with Crippen LogP contribution in [0.5, 0.6) is 0 Å². The van der Waals surface area contributed by atoms with Crippen molar-refractivity contribution in [2.45, 2.75) is 12.0 Å². The van der Waals surface area contributed by atoms with E-state index < -0.39 is 25.2 Å². The van der Waals surface area contributed by atoms with Crippen molar-refractivity contribution < 1.29 is 28.5 Å².